The number of carbonyl (C=O) groups is 1. The van der Waals surface area contributed by atoms with E-state index < -0.39 is 5.97 Å². The van der Waals surface area contributed by atoms with Crippen LogP contribution in [-0.2, 0) is 11.3 Å². The number of methoxy groups -OCH3 is 1. The van der Waals surface area contributed by atoms with Crippen LogP contribution in [0.5, 0.6) is 5.75 Å². The maximum atomic E-state index is 11.3. The van der Waals surface area contributed by atoms with Gasteiger partial charge in [-0.1, -0.05) is 12.1 Å². The smallest absolute Gasteiger partial charge is 0.339 e. The lowest BCUT2D eigenvalue weighted by Crippen LogP contribution is -2.35. The number of carboxylic acid groups (broad SMARTS) is 1. The van der Waals surface area contributed by atoms with Crippen LogP contribution in [0.4, 0.5) is 0 Å². The zero-order valence-electron chi connectivity index (χ0n) is 17.9. The number of benzene rings is 1. The highest BCUT2D eigenvalue weighted by Gasteiger charge is 2.24. The lowest BCUT2D eigenvalue weighted by Gasteiger charge is -2.31. The van der Waals surface area contributed by atoms with Crippen LogP contribution in [0, 0.1) is 0 Å². The van der Waals surface area contributed by atoms with E-state index >= 15 is 0 Å². The lowest BCUT2D eigenvalue weighted by molar-refractivity contribution is 0.0691. The molecule has 1 aliphatic rings. The van der Waals surface area contributed by atoms with Gasteiger partial charge in [0.1, 0.15) is 17.9 Å². The molecular weight excluding hydrogens is 394 g/mol. The molecule has 1 fully saturated rings. The quantitative estimate of drug-likeness (QED) is 0.566. The number of hydrogen-bond acceptors (Lipinski definition) is 5. The fraction of sp³-hybridized carbons (Fsp3) is 0.417. The summed E-state index contributed by atoms with van der Waals surface area (Å²) in [5.41, 5.74) is 2.78. The average molecular weight is 424 g/mol. The van der Waals surface area contributed by atoms with Gasteiger partial charge in [-0.15, -0.1) is 0 Å². The van der Waals surface area contributed by atoms with Crippen molar-refractivity contribution in [1.29, 1.82) is 0 Å². The summed E-state index contributed by atoms with van der Waals surface area (Å²) in [4.78, 5) is 18.0. The van der Waals surface area contributed by atoms with Crippen LogP contribution in [0.3, 0.4) is 0 Å². The van der Waals surface area contributed by atoms with Crippen molar-refractivity contribution in [2.24, 2.45) is 0 Å². The van der Waals surface area contributed by atoms with Gasteiger partial charge in [0.05, 0.1) is 18.3 Å². The second kappa shape index (κ2) is 9.94. The number of ether oxygens (including phenoxy) is 2. The van der Waals surface area contributed by atoms with Gasteiger partial charge in [0, 0.05) is 38.0 Å². The van der Waals surface area contributed by atoms with E-state index in [2.05, 4.69) is 26.7 Å². The molecule has 3 heterocycles. The molecule has 164 valence electrons. The molecule has 1 saturated heterocycles. The predicted octanol–water partition coefficient (Wildman–Crippen LogP) is 3.64. The normalized spacial score (nSPS) is 15.4. The van der Waals surface area contributed by atoms with E-state index in [9.17, 15) is 9.90 Å². The molecule has 0 saturated carbocycles. The molecule has 1 N–H and O–H groups in total. The van der Waals surface area contributed by atoms with Crippen molar-refractivity contribution < 1.29 is 19.4 Å². The van der Waals surface area contributed by atoms with E-state index in [1.165, 1.54) is 16.5 Å². The van der Waals surface area contributed by atoms with Gasteiger partial charge in [-0.2, -0.15) is 0 Å². The summed E-state index contributed by atoms with van der Waals surface area (Å²) in [6, 6.07) is 8.91. The zero-order chi connectivity index (χ0) is 21.6. The van der Waals surface area contributed by atoms with Gasteiger partial charge in [0.25, 0.3) is 0 Å². The highest BCUT2D eigenvalue weighted by atomic mass is 16.5. The molecule has 1 aromatic carbocycles. The van der Waals surface area contributed by atoms with Gasteiger partial charge in [-0.3, -0.25) is 9.88 Å². The Bertz CT molecular complexity index is 1020. The number of nitrogens with zero attached hydrogens (tertiary/aromatic N) is 3. The molecule has 2 aromatic heterocycles. The van der Waals surface area contributed by atoms with Crippen LogP contribution in [0.25, 0.3) is 10.9 Å². The maximum Gasteiger partial charge on any atom is 0.339 e. The molecular formula is C24H29N3O4. The number of rotatable bonds is 9. The van der Waals surface area contributed by atoms with E-state index in [0.717, 1.165) is 39.0 Å². The Hall–Kier alpha value is -2.90. The average Bonchev–Trinajstić information content (AvgIpc) is 3.17. The Balaban J connectivity index is 1.34. The number of piperidine rings is 1. The van der Waals surface area contributed by atoms with Gasteiger partial charge in [0.2, 0.25) is 0 Å². The van der Waals surface area contributed by atoms with Crippen LogP contribution in [-0.4, -0.2) is 65.5 Å². The van der Waals surface area contributed by atoms with Crippen molar-refractivity contribution in [3.63, 3.8) is 0 Å². The third kappa shape index (κ3) is 4.89. The minimum atomic E-state index is -0.962. The molecule has 4 rings (SSSR count). The van der Waals surface area contributed by atoms with E-state index in [4.69, 9.17) is 9.47 Å². The molecule has 7 nitrogen and oxygen atoms in total. The van der Waals surface area contributed by atoms with Crippen LogP contribution in [0.15, 0.2) is 48.9 Å². The number of likely N-dealkylation sites (tertiary alicyclic amines) is 1. The molecule has 0 bridgehead atoms. The van der Waals surface area contributed by atoms with E-state index in [1.54, 1.807) is 31.4 Å². The topological polar surface area (TPSA) is 76.8 Å². The Morgan fingerprint density at radius 3 is 2.74 bits per heavy atom. The number of aromatic carboxylic acids is 1. The van der Waals surface area contributed by atoms with Gasteiger partial charge >= 0.3 is 5.97 Å². The second-order valence-electron chi connectivity index (χ2n) is 7.93. The van der Waals surface area contributed by atoms with Crippen LogP contribution >= 0.6 is 0 Å². The summed E-state index contributed by atoms with van der Waals surface area (Å²) in [5.74, 6) is -0.00256. The van der Waals surface area contributed by atoms with Crippen molar-refractivity contribution in [3.05, 3.63) is 60.0 Å². The maximum absolute atomic E-state index is 11.3. The SMILES string of the molecule is COCCn1cc(C2CCN(CCOc3ccccc3C(=O)O)CC2)c2ccncc21. The Morgan fingerprint density at radius 1 is 1.16 bits per heavy atom. The Morgan fingerprint density at radius 2 is 1.97 bits per heavy atom. The van der Waals surface area contributed by atoms with Gasteiger partial charge in [-0.25, -0.2) is 4.79 Å². The van der Waals surface area contributed by atoms with Gasteiger partial charge < -0.3 is 19.1 Å². The minimum absolute atomic E-state index is 0.209. The summed E-state index contributed by atoms with van der Waals surface area (Å²) >= 11 is 0. The summed E-state index contributed by atoms with van der Waals surface area (Å²) in [5, 5.41) is 10.6. The van der Waals surface area contributed by atoms with Crippen molar-refractivity contribution in [2.45, 2.75) is 25.3 Å². The first-order valence-corrected chi connectivity index (χ1v) is 10.8. The molecule has 7 heteroatoms. The van der Waals surface area contributed by atoms with E-state index in [1.807, 2.05) is 12.4 Å². The van der Waals surface area contributed by atoms with Gasteiger partial charge in [-0.05, 0) is 55.6 Å². The molecule has 0 radical (unpaired) electrons. The third-order valence-corrected chi connectivity index (χ3v) is 6.06. The summed E-state index contributed by atoms with van der Waals surface area (Å²) in [6.45, 7) is 4.79. The second-order valence-corrected chi connectivity index (χ2v) is 7.93. The van der Waals surface area contributed by atoms with Crippen LogP contribution in [0.1, 0.15) is 34.7 Å². The molecule has 0 spiro atoms. The highest BCUT2D eigenvalue weighted by molar-refractivity contribution is 5.90. The fourth-order valence-electron chi connectivity index (χ4n) is 4.39. The Kier molecular flexibility index (Phi) is 6.84. The molecule has 0 unspecified atom stereocenters. The minimum Gasteiger partial charge on any atom is -0.491 e. The number of para-hydroxylation sites is 1. The van der Waals surface area contributed by atoms with Crippen molar-refractivity contribution in [1.82, 2.24) is 14.5 Å². The third-order valence-electron chi connectivity index (χ3n) is 6.06. The first-order valence-electron chi connectivity index (χ1n) is 10.8. The van der Waals surface area contributed by atoms with E-state index in [0.29, 0.717) is 24.9 Å². The Labute approximate surface area is 182 Å². The highest BCUT2D eigenvalue weighted by Crippen LogP contribution is 2.34. The lowest BCUT2D eigenvalue weighted by atomic mass is 9.89. The first-order chi connectivity index (χ1) is 15.2. The van der Waals surface area contributed by atoms with Crippen molar-refractivity contribution >= 4 is 16.9 Å². The number of aromatic nitrogens is 2. The van der Waals surface area contributed by atoms with Crippen molar-refractivity contribution in [2.75, 3.05) is 40.0 Å². The van der Waals surface area contributed by atoms with Gasteiger partial charge in [0.15, 0.2) is 0 Å². The standard InChI is InChI=1S/C24H29N3O4/c1-30-14-13-27-17-21(19-6-9-25-16-22(19)27)18-7-10-26(11-8-18)12-15-31-23-5-3-2-4-20(23)24(28)29/h2-6,9,16-18H,7-8,10-15H2,1H3,(H,28,29). The molecule has 3 aromatic rings. The number of pyridine rings is 1. The van der Waals surface area contributed by atoms with Crippen LogP contribution in [0.2, 0.25) is 0 Å². The zero-order valence-corrected chi connectivity index (χ0v) is 17.9. The summed E-state index contributed by atoms with van der Waals surface area (Å²) in [6.07, 6.45) is 8.27. The monoisotopic (exact) mass is 423 g/mol. The predicted molar refractivity (Wildman–Crippen MR) is 119 cm³/mol. The number of carboxylic acids is 1. The molecule has 1 aliphatic heterocycles. The molecule has 0 atom stereocenters. The molecule has 31 heavy (non-hydrogen) atoms. The summed E-state index contributed by atoms with van der Waals surface area (Å²) in [7, 11) is 1.73. The molecule has 0 aliphatic carbocycles. The number of fused-ring (bicyclic) bond motifs is 1. The largest absolute Gasteiger partial charge is 0.491 e. The van der Waals surface area contributed by atoms with Crippen molar-refractivity contribution in [3.8, 4) is 5.75 Å². The summed E-state index contributed by atoms with van der Waals surface area (Å²) < 4.78 is 13.3. The fourth-order valence-corrected chi connectivity index (χ4v) is 4.39. The van der Waals surface area contributed by atoms with Crippen LogP contribution < -0.4 is 4.74 Å². The first kappa shape index (κ1) is 21.3. The number of hydrogen-bond donors (Lipinski definition) is 1. The molecule has 0 amide bonds. The van der Waals surface area contributed by atoms with E-state index in [-0.39, 0.29) is 5.56 Å².